The van der Waals surface area contributed by atoms with Crippen molar-refractivity contribution in [1.82, 2.24) is 45.2 Å². The van der Waals surface area contributed by atoms with Gasteiger partial charge in [0.05, 0.1) is 6.54 Å². The fourth-order valence-electron chi connectivity index (χ4n) is 3.69. The minimum absolute atomic E-state index is 0.0666. The third-order valence-electron chi connectivity index (χ3n) is 5.25. The summed E-state index contributed by atoms with van der Waals surface area (Å²) in [4.78, 5) is 21.8. The van der Waals surface area contributed by atoms with E-state index in [0.717, 1.165) is 30.3 Å². The first-order chi connectivity index (χ1) is 14.5. The number of aromatic amines is 1. The van der Waals surface area contributed by atoms with Crippen LogP contribution in [0.2, 0.25) is 0 Å². The molecule has 10 nitrogen and oxygen atoms in total. The van der Waals surface area contributed by atoms with Crippen LogP contribution in [0.3, 0.4) is 0 Å². The lowest BCUT2D eigenvalue weighted by Gasteiger charge is -2.36. The van der Waals surface area contributed by atoms with Crippen LogP contribution in [-0.4, -0.2) is 77.3 Å². The summed E-state index contributed by atoms with van der Waals surface area (Å²) in [7, 11) is 0. The van der Waals surface area contributed by atoms with Crippen molar-refractivity contribution in [3.63, 3.8) is 0 Å². The van der Waals surface area contributed by atoms with Crippen molar-refractivity contribution in [2.75, 3.05) is 26.2 Å². The van der Waals surface area contributed by atoms with Gasteiger partial charge in [-0.1, -0.05) is 12.1 Å². The molecule has 30 heavy (non-hydrogen) atoms. The van der Waals surface area contributed by atoms with Gasteiger partial charge in [-0.05, 0) is 42.0 Å². The molecule has 1 aliphatic heterocycles. The van der Waals surface area contributed by atoms with Crippen LogP contribution in [0.4, 0.5) is 4.39 Å². The van der Waals surface area contributed by atoms with Crippen molar-refractivity contribution in [2.24, 2.45) is 0 Å². The van der Waals surface area contributed by atoms with Gasteiger partial charge >= 0.3 is 0 Å². The highest BCUT2D eigenvalue weighted by Gasteiger charge is 2.31. The lowest BCUT2D eigenvalue weighted by Crippen LogP contribution is -2.50. The number of carbonyl (C=O) groups is 1. The molecule has 1 amide bonds. The number of hydrogen-bond acceptors (Lipinski definition) is 7. The maximum atomic E-state index is 13.7. The van der Waals surface area contributed by atoms with E-state index in [0.29, 0.717) is 31.9 Å². The predicted octanol–water partition coefficient (Wildman–Crippen LogP) is 0.675. The monoisotopic (exact) mass is 413 g/mol. The summed E-state index contributed by atoms with van der Waals surface area (Å²) >= 11 is 0. The first-order valence-corrected chi connectivity index (χ1v) is 9.87. The van der Waals surface area contributed by atoms with E-state index in [9.17, 15) is 9.18 Å². The highest BCUT2D eigenvalue weighted by atomic mass is 19.1. The minimum Gasteiger partial charge on any atom is -0.338 e. The highest BCUT2D eigenvalue weighted by molar-refractivity contribution is 5.81. The zero-order valence-electron chi connectivity index (χ0n) is 17.0. The first kappa shape index (κ1) is 20.1. The van der Waals surface area contributed by atoms with E-state index in [1.165, 1.54) is 16.8 Å². The van der Waals surface area contributed by atoms with E-state index in [2.05, 4.69) is 35.6 Å². The molecule has 2 aromatic heterocycles. The molecule has 158 valence electrons. The number of tetrazole rings is 1. The van der Waals surface area contributed by atoms with Crippen molar-refractivity contribution < 1.29 is 9.18 Å². The molecular formula is C19H24FN9O. The number of benzene rings is 1. The Kier molecular flexibility index (Phi) is 5.79. The summed E-state index contributed by atoms with van der Waals surface area (Å²) < 4.78 is 15.2. The molecule has 4 rings (SSSR count). The summed E-state index contributed by atoms with van der Waals surface area (Å²) in [5.41, 5.74) is 0.724. The molecule has 1 atom stereocenters. The van der Waals surface area contributed by atoms with Crippen molar-refractivity contribution in [1.29, 1.82) is 0 Å². The number of rotatable bonds is 6. The quantitative estimate of drug-likeness (QED) is 0.633. The van der Waals surface area contributed by atoms with E-state index < -0.39 is 6.04 Å². The zero-order valence-corrected chi connectivity index (χ0v) is 17.0. The van der Waals surface area contributed by atoms with Crippen LogP contribution < -0.4 is 0 Å². The Morgan fingerprint density at radius 2 is 2.03 bits per heavy atom. The van der Waals surface area contributed by atoms with Crippen LogP contribution >= 0.6 is 0 Å². The van der Waals surface area contributed by atoms with Crippen LogP contribution in [0.15, 0.2) is 24.3 Å². The van der Waals surface area contributed by atoms with E-state index in [-0.39, 0.29) is 11.7 Å². The number of aromatic nitrogens is 7. The second-order valence-electron chi connectivity index (χ2n) is 7.46. The van der Waals surface area contributed by atoms with Crippen LogP contribution in [0, 0.1) is 19.7 Å². The molecule has 3 heterocycles. The molecule has 0 radical (unpaired) electrons. The van der Waals surface area contributed by atoms with Crippen molar-refractivity contribution >= 4 is 5.91 Å². The van der Waals surface area contributed by atoms with Crippen molar-refractivity contribution in [2.45, 2.75) is 32.9 Å². The minimum atomic E-state index is -0.621. The van der Waals surface area contributed by atoms with Gasteiger partial charge in [0.25, 0.3) is 0 Å². The average Bonchev–Trinajstić information content (AvgIpc) is 3.34. The predicted molar refractivity (Wildman–Crippen MR) is 105 cm³/mol. The Morgan fingerprint density at radius 1 is 1.23 bits per heavy atom. The highest BCUT2D eigenvalue weighted by Crippen LogP contribution is 2.20. The number of carbonyl (C=O) groups excluding carboxylic acids is 1. The van der Waals surface area contributed by atoms with Gasteiger partial charge in [-0.3, -0.25) is 14.8 Å². The van der Waals surface area contributed by atoms with Gasteiger partial charge < -0.3 is 4.90 Å². The van der Waals surface area contributed by atoms with Gasteiger partial charge in [-0.15, -0.1) is 5.10 Å². The Bertz CT molecular complexity index is 1010. The van der Waals surface area contributed by atoms with Gasteiger partial charge in [0.2, 0.25) is 5.91 Å². The molecule has 0 spiro atoms. The standard InChI is InChI=1S/C19H24FN9O/c1-13-21-18(24-22-13)12-27-6-8-28(9-7-27)19(30)17(29-14(2)23-25-26-29)11-15-4-3-5-16(20)10-15/h3-5,10,17H,6-9,11-12H2,1-2H3,(H,21,22,24). The maximum Gasteiger partial charge on any atom is 0.248 e. The van der Waals surface area contributed by atoms with E-state index in [1.54, 1.807) is 19.1 Å². The van der Waals surface area contributed by atoms with Gasteiger partial charge in [-0.2, -0.15) is 5.10 Å². The molecule has 11 heteroatoms. The SMILES string of the molecule is Cc1nc(CN2CCN(C(=O)C(Cc3cccc(F)c3)n3nnnc3C)CC2)n[nH]1. The number of piperazine rings is 1. The summed E-state index contributed by atoms with van der Waals surface area (Å²) in [5.74, 6) is 1.69. The van der Waals surface area contributed by atoms with E-state index in [4.69, 9.17) is 0 Å². The number of halogens is 1. The summed E-state index contributed by atoms with van der Waals surface area (Å²) in [6, 6.07) is 5.65. The van der Waals surface area contributed by atoms with Crippen molar-refractivity contribution in [3.05, 3.63) is 53.1 Å². The van der Waals surface area contributed by atoms with E-state index in [1.807, 2.05) is 11.8 Å². The molecule has 0 aliphatic carbocycles. The van der Waals surface area contributed by atoms with Crippen LogP contribution in [0.25, 0.3) is 0 Å². The normalized spacial score (nSPS) is 16.0. The second-order valence-corrected chi connectivity index (χ2v) is 7.46. The number of nitrogens with one attached hydrogen (secondary N) is 1. The van der Waals surface area contributed by atoms with Gasteiger partial charge in [0.1, 0.15) is 23.5 Å². The third kappa shape index (κ3) is 4.51. The number of nitrogens with zero attached hydrogens (tertiary/aromatic N) is 8. The Balaban J connectivity index is 1.45. The molecule has 1 aliphatic rings. The number of aryl methyl sites for hydroxylation is 2. The number of hydrogen-bond donors (Lipinski definition) is 1. The Morgan fingerprint density at radius 3 is 2.67 bits per heavy atom. The van der Waals surface area contributed by atoms with Gasteiger partial charge in [-0.25, -0.2) is 14.1 Å². The topological polar surface area (TPSA) is 109 Å². The summed E-state index contributed by atoms with van der Waals surface area (Å²) in [6.45, 7) is 6.88. The fraction of sp³-hybridized carbons (Fsp3) is 0.474. The maximum absolute atomic E-state index is 13.7. The largest absolute Gasteiger partial charge is 0.338 e. The molecule has 0 bridgehead atoms. The lowest BCUT2D eigenvalue weighted by atomic mass is 10.0. The second kappa shape index (κ2) is 8.66. The molecule has 1 aromatic carbocycles. The molecular weight excluding hydrogens is 389 g/mol. The van der Waals surface area contributed by atoms with Gasteiger partial charge in [0.15, 0.2) is 5.82 Å². The lowest BCUT2D eigenvalue weighted by molar-refractivity contribution is -0.137. The molecule has 3 aromatic rings. The molecule has 1 N–H and O–H groups in total. The van der Waals surface area contributed by atoms with Gasteiger partial charge in [0, 0.05) is 32.6 Å². The number of amides is 1. The van der Waals surface area contributed by atoms with Crippen molar-refractivity contribution in [3.8, 4) is 0 Å². The van der Waals surface area contributed by atoms with Crippen LogP contribution in [0.1, 0.15) is 29.1 Å². The molecule has 1 fully saturated rings. The molecule has 1 unspecified atom stereocenters. The van der Waals surface area contributed by atoms with Crippen LogP contribution in [0.5, 0.6) is 0 Å². The summed E-state index contributed by atoms with van der Waals surface area (Å²) in [5, 5.41) is 18.6. The fourth-order valence-corrected chi connectivity index (χ4v) is 3.69. The number of H-pyrrole nitrogens is 1. The Hall–Kier alpha value is -3.21. The average molecular weight is 413 g/mol. The molecule has 1 saturated heterocycles. The molecule has 0 saturated carbocycles. The summed E-state index contributed by atoms with van der Waals surface area (Å²) in [6.07, 6.45) is 0.319. The van der Waals surface area contributed by atoms with E-state index >= 15 is 0 Å². The third-order valence-corrected chi connectivity index (χ3v) is 5.25. The van der Waals surface area contributed by atoms with Crippen LogP contribution in [-0.2, 0) is 17.8 Å². The zero-order chi connectivity index (χ0) is 21.1. The Labute approximate surface area is 173 Å². The first-order valence-electron chi connectivity index (χ1n) is 9.87. The smallest absolute Gasteiger partial charge is 0.248 e.